The third-order valence-corrected chi connectivity index (χ3v) is 4.82. The minimum atomic E-state index is -0.589. The summed E-state index contributed by atoms with van der Waals surface area (Å²) in [6.45, 7) is 2.60. The molecule has 1 atom stereocenters. The van der Waals surface area contributed by atoms with Gasteiger partial charge in [-0.1, -0.05) is 6.07 Å². The summed E-state index contributed by atoms with van der Waals surface area (Å²) in [5, 5.41) is 11.8. The van der Waals surface area contributed by atoms with Crippen LogP contribution in [0.5, 0.6) is 17.2 Å². The molecule has 150 valence electrons. The number of carbonyl (C=O) groups is 1. The van der Waals surface area contributed by atoms with Gasteiger partial charge in [0.15, 0.2) is 23.1 Å². The summed E-state index contributed by atoms with van der Waals surface area (Å²) in [6, 6.07) is 9.40. The van der Waals surface area contributed by atoms with E-state index < -0.39 is 5.82 Å². The fraction of sp³-hybridized carbons (Fsp3) is 0.381. The second-order valence-electron chi connectivity index (χ2n) is 6.83. The van der Waals surface area contributed by atoms with E-state index in [0.29, 0.717) is 30.2 Å². The fourth-order valence-electron chi connectivity index (χ4n) is 3.39. The van der Waals surface area contributed by atoms with Crippen molar-refractivity contribution in [1.82, 2.24) is 4.90 Å². The van der Waals surface area contributed by atoms with Gasteiger partial charge in [-0.2, -0.15) is 0 Å². The standard InChI is InChI=1S/C21H25FN2O4/c1-14-5-7-19(20(12-14)27-2)28-18-8-6-15(13-17(18)22)23-21(26)24-10-3-4-16(24)9-11-25/h5-8,12-13,16,25H,3-4,9-11H2,1-2H3,(H,23,26). The molecule has 1 fully saturated rings. The van der Waals surface area contributed by atoms with Crippen molar-refractivity contribution in [3.63, 3.8) is 0 Å². The number of rotatable bonds is 6. The van der Waals surface area contributed by atoms with E-state index in [4.69, 9.17) is 14.6 Å². The van der Waals surface area contributed by atoms with Crippen molar-refractivity contribution in [2.45, 2.75) is 32.2 Å². The van der Waals surface area contributed by atoms with E-state index in [1.54, 1.807) is 23.1 Å². The van der Waals surface area contributed by atoms with Gasteiger partial charge >= 0.3 is 6.03 Å². The molecule has 1 saturated heterocycles. The number of benzene rings is 2. The van der Waals surface area contributed by atoms with Crippen molar-refractivity contribution in [2.24, 2.45) is 0 Å². The number of ether oxygens (including phenoxy) is 2. The maximum Gasteiger partial charge on any atom is 0.322 e. The number of carbonyl (C=O) groups excluding carboxylic acids is 1. The minimum Gasteiger partial charge on any atom is -0.493 e. The predicted octanol–water partition coefficient (Wildman–Crippen LogP) is 4.31. The molecule has 2 aromatic rings. The van der Waals surface area contributed by atoms with Crippen LogP contribution in [0.4, 0.5) is 14.9 Å². The monoisotopic (exact) mass is 388 g/mol. The van der Waals surface area contributed by atoms with Crippen molar-refractivity contribution < 1.29 is 23.8 Å². The molecule has 0 spiro atoms. The molecular formula is C21H25FN2O4. The molecule has 1 aliphatic heterocycles. The average Bonchev–Trinajstić information content (AvgIpc) is 3.14. The van der Waals surface area contributed by atoms with Gasteiger partial charge in [-0.25, -0.2) is 9.18 Å². The lowest BCUT2D eigenvalue weighted by atomic mass is 10.1. The molecule has 3 rings (SSSR count). The van der Waals surface area contributed by atoms with Gasteiger partial charge in [-0.05, 0) is 56.0 Å². The molecule has 1 aliphatic rings. The Kier molecular flexibility index (Phi) is 6.36. The first-order chi connectivity index (χ1) is 13.5. The predicted molar refractivity (Wildman–Crippen MR) is 105 cm³/mol. The highest BCUT2D eigenvalue weighted by Crippen LogP contribution is 2.34. The number of hydrogen-bond donors (Lipinski definition) is 2. The highest BCUT2D eigenvalue weighted by molar-refractivity contribution is 5.89. The van der Waals surface area contributed by atoms with Crippen LogP contribution in [0.1, 0.15) is 24.8 Å². The number of nitrogens with zero attached hydrogens (tertiary/aromatic N) is 1. The van der Waals surface area contributed by atoms with Gasteiger partial charge < -0.3 is 24.8 Å². The summed E-state index contributed by atoms with van der Waals surface area (Å²) in [5.74, 6) is 0.377. The summed E-state index contributed by atoms with van der Waals surface area (Å²) >= 11 is 0. The molecule has 2 N–H and O–H groups in total. The molecule has 0 saturated carbocycles. The lowest BCUT2D eigenvalue weighted by Gasteiger charge is -2.24. The van der Waals surface area contributed by atoms with E-state index in [2.05, 4.69) is 5.32 Å². The molecule has 0 radical (unpaired) electrons. The number of urea groups is 1. The number of aliphatic hydroxyl groups is 1. The highest BCUT2D eigenvalue weighted by Gasteiger charge is 2.28. The Morgan fingerprint density at radius 2 is 2.04 bits per heavy atom. The fourth-order valence-corrected chi connectivity index (χ4v) is 3.39. The molecule has 1 unspecified atom stereocenters. The first-order valence-electron chi connectivity index (χ1n) is 9.32. The number of anilines is 1. The third-order valence-electron chi connectivity index (χ3n) is 4.82. The quantitative estimate of drug-likeness (QED) is 0.773. The van der Waals surface area contributed by atoms with Crippen LogP contribution in [0.2, 0.25) is 0 Å². The van der Waals surface area contributed by atoms with Gasteiger partial charge in [-0.3, -0.25) is 0 Å². The molecule has 0 bridgehead atoms. The molecule has 0 aromatic heterocycles. The molecule has 0 aliphatic carbocycles. The Bertz CT molecular complexity index is 843. The lowest BCUT2D eigenvalue weighted by molar-refractivity contribution is 0.189. The highest BCUT2D eigenvalue weighted by atomic mass is 19.1. The number of aryl methyl sites for hydroxylation is 1. The van der Waals surface area contributed by atoms with E-state index in [1.807, 2.05) is 13.0 Å². The van der Waals surface area contributed by atoms with Crippen LogP contribution in [-0.2, 0) is 0 Å². The van der Waals surface area contributed by atoms with Crippen LogP contribution in [0.25, 0.3) is 0 Å². The minimum absolute atomic E-state index is 0.0199. The second kappa shape index (κ2) is 8.93. The zero-order chi connectivity index (χ0) is 20.1. The van der Waals surface area contributed by atoms with E-state index in [0.717, 1.165) is 18.4 Å². The largest absolute Gasteiger partial charge is 0.493 e. The number of halogens is 1. The van der Waals surface area contributed by atoms with Crippen molar-refractivity contribution in [3.8, 4) is 17.2 Å². The number of likely N-dealkylation sites (tertiary alicyclic amines) is 1. The summed E-state index contributed by atoms with van der Waals surface area (Å²) in [5.41, 5.74) is 1.35. The van der Waals surface area contributed by atoms with E-state index in [9.17, 15) is 9.18 Å². The van der Waals surface area contributed by atoms with Crippen LogP contribution in [0.15, 0.2) is 36.4 Å². The Hall–Kier alpha value is -2.80. The zero-order valence-electron chi connectivity index (χ0n) is 16.1. The van der Waals surface area contributed by atoms with Gasteiger partial charge in [0.2, 0.25) is 0 Å². The summed E-state index contributed by atoms with van der Waals surface area (Å²) in [7, 11) is 1.53. The number of amides is 2. The van der Waals surface area contributed by atoms with E-state index in [-0.39, 0.29) is 24.4 Å². The summed E-state index contributed by atoms with van der Waals surface area (Å²) < 4.78 is 25.4. The van der Waals surface area contributed by atoms with Crippen LogP contribution in [0, 0.1) is 12.7 Å². The SMILES string of the molecule is COc1cc(C)ccc1Oc1ccc(NC(=O)N2CCCC2CCO)cc1F. The first kappa shape index (κ1) is 19.9. The Morgan fingerprint density at radius 3 is 2.75 bits per heavy atom. The summed E-state index contributed by atoms with van der Waals surface area (Å²) in [4.78, 5) is 14.2. The molecule has 28 heavy (non-hydrogen) atoms. The molecule has 2 amide bonds. The zero-order valence-corrected chi connectivity index (χ0v) is 16.1. The third kappa shape index (κ3) is 4.54. The summed E-state index contributed by atoms with van der Waals surface area (Å²) in [6.07, 6.45) is 2.32. The van der Waals surface area contributed by atoms with Crippen molar-refractivity contribution >= 4 is 11.7 Å². The Labute approximate surface area is 163 Å². The van der Waals surface area contributed by atoms with Crippen molar-refractivity contribution in [3.05, 3.63) is 47.8 Å². The lowest BCUT2D eigenvalue weighted by Crippen LogP contribution is -2.39. The molecular weight excluding hydrogens is 363 g/mol. The van der Waals surface area contributed by atoms with Crippen LogP contribution < -0.4 is 14.8 Å². The number of aliphatic hydroxyl groups excluding tert-OH is 1. The Morgan fingerprint density at radius 1 is 1.25 bits per heavy atom. The van der Waals surface area contributed by atoms with Crippen LogP contribution in [-0.4, -0.2) is 42.3 Å². The molecule has 2 aromatic carbocycles. The Balaban J connectivity index is 1.70. The van der Waals surface area contributed by atoms with E-state index in [1.165, 1.54) is 19.2 Å². The number of hydrogen-bond acceptors (Lipinski definition) is 4. The van der Waals surface area contributed by atoms with E-state index >= 15 is 0 Å². The molecule has 7 heteroatoms. The van der Waals surface area contributed by atoms with Gasteiger partial charge in [0, 0.05) is 30.9 Å². The average molecular weight is 388 g/mol. The first-order valence-corrected chi connectivity index (χ1v) is 9.32. The van der Waals surface area contributed by atoms with Crippen LogP contribution in [0.3, 0.4) is 0 Å². The van der Waals surface area contributed by atoms with Gasteiger partial charge in [0.1, 0.15) is 0 Å². The maximum atomic E-state index is 14.5. The van der Waals surface area contributed by atoms with Crippen molar-refractivity contribution in [2.75, 3.05) is 25.6 Å². The van der Waals surface area contributed by atoms with Crippen molar-refractivity contribution in [1.29, 1.82) is 0 Å². The molecule has 1 heterocycles. The van der Waals surface area contributed by atoms with Gasteiger partial charge in [-0.15, -0.1) is 0 Å². The van der Waals surface area contributed by atoms with Crippen LogP contribution >= 0.6 is 0 Å². The topological polar surface area (TPSA) is 71.0 Å². The number of methoxy groups -OCH3 is 1. The van der Waals surface area contributed by atoms with Gasteiger partial charge in [0.05, 0.1) is 7.11 Å². The maximum absolute atomic E-state index is 14.5. The molecule has 6 nitrogen and oxygen atoms in total. The normalized spacial score (nSPS) is 16.1. The smallest absolute Gasteiger partial charge is 0.322 e. The number of nitrogens with one attached hydrogen (secondary N) is 1. The second-order valence-corrected chi connectivity index (χ2v) is 6.83. The van der Waals surface area contributed by atoms with Gasteiger partial charge in [0.25, 0.3) is 0 Å².